The van der Waals surface area contributed by atoms with Crippen molar-refractivity contribution < 1.29 is 19.3 Å². The summed E-state index contributed by atoms with van der Waals surface area (Å²) in [5.41, 5.74) is 2.36. The summed E-state index contributed by atoms with van der Waals surface area (Å²) in [4.78, 5) is 0. The van der Waals surface area contributed by atoms with E-state index in [0.29, 0.717) is 25.6 Å². The number of hydrogen-bond donors (Lipinski definition) is 1. The average molecular weight is 294 g/mol. The van der Waals surface area contributed by atoms with Crippen molar-refractivity contribution in [3.05, 3.63) is 29.3 Å². The van der Waals surface area contributed by atoms with Crippen molar-refractivity contribution in [2.24, 2.45) is 0 Å². The highest BCUT2D eigenvalue weighted by Crippen LogP contribution is 2.33. The molecule has 0 radical (unpaired) electrons. The Morgan fingerprint density at radius 2 is 2.05 bits per heavy atom. The third-order valence-electron chi connectivity index (χ3n) is 3.89. The standard InChI is InChI=1S/C17H26O4/c1-11(2)13-6-5-12(3)9-15(13)21-16-10-14(18)17(16)20-8-7-19-4/h5-6,9,11,14,16-18H,7-8,10H2,1-4H3. The predicted octanol–water partition coefficient (Wildman–Crippen LogP) is 2.66. The number of aliphatic hydroxyl groups excluding tert-OH is 1. The van der Waals surface area contributed by atoms with Gasteiger partial charge in [-0.3, -0.25) is 0 Å². The number of rotatable bonds is 7. The second-order valence-corrected chi connectivity index (χ2v) is 5.98. The monoisotopic (exact) mass is 294 g/mol. The van der Waals surface area contributed by atoms with Crippen LogP contribution in [0.25, 0.3) is 0 Å². The van der Waals surface area contributed by atoms with Crippen LogP contribution in [0.2, 0.25) is 0 Å². The Morgan fingerprint density at radius 1 is 1.29 bits per heavy atom. The highest BCUT2D eigenvalue weighted by Gasteiger charge is 2.43. The number of aryl methyl sites for hydroxylation is 1. The summed E-state index contributed by atoms with van der Waals surface area (Å²) in [6.45, 7) is 7.36. The van der Waals surface area contributed by atoms with Gasteiger partial charge in [-0.2, -0.15) is 0 Å². The molecule has 118 valence electrons. The van der Waals surface area contributed by atoms with Crippen LogP contribution >= 0.6 is 0 Å². The van der Waals surface area contributed by atoms with E-state index in [9.17, 15) is 5.11 Å². The highest BCUT2D eigenvalue weighted by molar-refractivity contribution is 5.39. The van der Waals surface area contributed by atoms with E-state index in [2.05, 4.69) is 39.0 Å². The minimum absolute atomic E-state index is 0.0869. The van der Waals surface area contributed by atoms with Gasteiger partial charge in [0.1, 0.15) is 18.0 Å². The van der Waals surface area contributed by atoms with Crippen LogP contribution in [-0.4, -0.2) is 43.7 Å². The Balaban J connectivity index is 2.02. The Hall–Kier alpha value is -1.10. The van der Waals surface area contributed by atoms with Crippen LogP contribution in [0, 0.1) is 6.92 Å². The summed E-state index contributed by atoms with van der Waals surface area (Å²) in [7, 11) is 1.64. The maximum absolute atomic E-state index is 9.84. The normalized spacial score (nSPS) is 25.0. The number of methoxy groups -OCH3 is 1. The smallest absolute Gasteiger partial charge is 0.130 e. The molecule has 1 N–H and O–H groups in total. The molecule has 1 fully saturated rings. The second kappa shape index (κ2) is 7.25. The van der Waals surface area contributed by atoms with Crippen molar-refractivity contribution in [2.45, 2.75) is 51.4 Å². The van der Waals surface area contributed by atoms with Crippen molar-refractivity contribution in [3.8, 4) is 5.75 Å². The second-order valence-electron chi connectivity index (χ2n) is 5.98. The number of aliphatic hydroxyl groups is 1. The molecule has 2 rings (SSSR count). The molecular formula is C17H26O4. The van der Waals surface area contributed by atoms with Gasteiger partial charge in [0.05, 0.1) is 19.3 Å². The average Bonchev–Trinajstić information content (AvgIpc) is 2.43. The van der Waals surface area contributed by atoms with Gasteiger partial charge in [0.2, 0.25) is 0 Å². The zero-order valence-electron chi connectivity index (χ0n) is 13.3. The molecule has 0 aromatic heterocycles. The molecule has 1 aromatic carbocycles. The summed E-state index contributed by atoms with van der Waals surface area (Å²) in [5, 5.41) is 9.84. The van der Waals surface area contributed by atoms with Crippen LogP contribution in [0.4, 0.5) is 0 Å². The van der Waals surface area contributed by atoms with Gasteiger partial charge in [-0.25, -0.2) is 0 Å². The summed E-state index contributed by atoms with van der Waals surface area (Å²) in [6, 6.07) is 6.28. The molecule has 0 aliphatic heterocycles. The van der Waals surface area contributed by atoms with E-state index in [1.165, 1.54) is 11.1 Å². The van der Waals surface area contributed by atoms with Gasteiger partial charge < -0.3 is 19.3 Å². The number of hydrogen-bond acceptors (Lipinski definition) is 4. The minimum Gasteiger partial charge on any atom is -0.487 e. The van der Waals surface area contributed by atoms with Crippen LogP contribution in [0.1, 0.15) is 37.3 Å². The summed E-state index contributed by atoms with van der Waals surface area (Å²) in [5.74, 6) is 1.31. The third-order valence-corrected chi connectivity index (χ3v) is 3.89. The summed E-state index contributed by atoms with van der Waals surface area (Å²) < 4.78 is 16.7. The van der Waals surface area contributed by atoms with Crippen molar-refractivity contribution in [1.29, 1.82) is 0 Å². The fourth-order valence-corrected chi connectivity index (χ4v) is 2.54. The molecule has 4 heteroatoms. The van der Waals surface area contributed by atoms with E-state index in [1.807, 2.05) is 0 Å². The quantitative estimate of drug-likeness (QED) is 0.785. The molecule has 0 spiro atoms. The molecule has 1 aliphatic rings. The Labute approximate surface area is 127 Å². The summed E-state index contributed by atoms with van der Waals surface area (Å²) in [6.07, 6.45) is -0.181. The molecule has 0 bridgehead atoms. The van der Waals surface area contributed by atoms with Gasteiger partial charge in [0.15, 0.2) is 0 Å². The van der Waals surface area contributed by atoms with E-state index in [4.69, 9.17) is 14.2 Å². The first kappa shape index (κ1) is 16.3. The lowest BCUT2D eigenvalue weighted by molar-refractivity contribution is -0.167. The van der Waals surface area contributed by atoms with E-state index in [0.717, 1.165) is 5.75 Å². The number of ether oxygens (including phenoxy) is 3. The molecule has 1 aromatic rings. The predicted molar refractivity (Wildman–Crippen MR) is 81.9 cm³/mol. The van der Waals surface area contributed by atoms with E-state index < -0.39 is 6.10 Å². The third kappa shape index (κ3) is 3.96. The maximum atomic E-state index is 9.84. The Bertz CT molecular complexity index is 458. The SMILES string of the molecule is COCCOC1C(O)CC1Oc1cc(C)ccc1C(C)C. The molecular weight excluding hydrogens is 268 g/mol. The van der Waals surface area contributed by atoms with Crippen LogP contribution in [0.5, 0.6) is 5.75 Å². The Morgan fingerprint density at radius 3 is 2.67 bits per heavy atom. The molecule has 0 saturated heterocycles. The largest absolute Gasteiger partial charge is 0.487 e. The van der Waals surface area contributed by atoms with Gasteiger partial charge in [-0.1, -0.05) is 26.0 Å². The molecule has 0 heterocycles. The molecule has 1 saturated carbocycles. The van der Waals surface area contributed by atoms with E-state index in [1.54, 1.807) is 7.11 Å². The van der Waals surface area contributed by atoms with E-state index >= 15 is 0 Å². The van der Waals surface area contributed by atoms with Crippen molar-refractivity contribution in [1.82, 2.24) is 0 Å². The van der Waals surface area contributed by atoms with Crippen molar-refractivity contribution in [3.63, 3.8) is 0 Å². The van der Waals surface area contributed by atoms with Crippen LogP contribution in [0.15, 0.2) is 18.2 Å². The minimum atomic E-state index is -0.445. The molecule has 4 nitrogen and oxygen atoms in total. The van der Waals surface area contributed by atoms with E-state index in [-0.39, 0.29) is 12.2 Å². The molecule has 0 amide bonds. The molecule has 21 heavy (non-hydrogen) atoms. The molecule has 3 atom stereocenters. The maximum Gasteiger partial charge on any atom is 0.130 e. The topological polar surface area (TPSA) is 47.9 Å². The fourth-order valence-electron chi connectivity index (χ4n) is 2.54. The summed E-state index contributed by atoms with van der Waals surface area (Å²) >= 11 is 0. The zero-order valence-corrected chi connectivity index (χ0v) is 13.3. The first-order chi connectivity index (χ1) is 10.0. The first-order valence-electron chi connectivity index (χ1n) is 7.58. The van der Waals surface area contributed by atoms with Crippen LogP contribution in [-0.2, 0) is 9.47 Å². The highest BCUT2D eigenvalue weighted by atomic mass is 16.6. The fraction of sp³-hybridized carbons (Fsp3) is 0.647. The van der Waals surface area contributed by atoms with Crippen molar-refractivity contribution in [2.75, 3.05) is 20.3 Å². The van der Waals surface area contributed by atoms with Gasteiger partial charge in [0, 0.05) is 13.5 Å². The zero-order chi connectivity index (χ0) is 15.4. The van der Waals surface area contributed by atoms with Crippen molar-refractivity contribution >= 4 is 0 Å². The van der Waals surface area contributed by atoms with Gasteiger partial charge in [-0.05, 0) is 30.0 Å². The lowest BCUT2D eigenvalue weighted by Gasteiger charge is -2.41. The van der Waals surface area contributed by atoms with Crippen LogP contribution < -0.4 is 4.74 Å². The van der Waals surface area contributed by atoms with Crippen LogP contribution in [0.3, 0.4) is 0 Å². The Kier molecular flexibility index (Phi) is 5.62. The molecule has 1 aliphatic carbocycles. The van der Waals surface area contributed by atoms with Gasteiger partial charge in [0.25, 0.3) is 0 Å². The molecule has 3 unspecified atom stereocenters. The number of benzene rings is 1. The van der Waals surface area contributed by atoms with Gasteiger partial charge in [-0.15, -0.1) is 0 Å². The lowest BCUT2D eigenvalue weighted by atomic mass is 9.87. The first-order valence-corrected chi connectivity index (χ1v) is 7.58. The lowest BCUT2D eigenvalue weighted by Crippen LogP contribution is -2.55. The van der Waals surface area contributed by atoms with Gasteiger partial charge >= 0.3 is 0 Å².